The molecular formula is C18H13BrN4O5S. The van der Waals surface area contributed by atoms with E-state index in [-0.39, 0.29) is 17.8 Å². The highest BCUT2D eigenvalue weighted by Crippen LogP contribution is 2.35. The largest absolute Gasteiger partial charge is 0.454 e. The summed E-state index contributed by atoms with van der Waals surface area (Å²) in [4.78, 5) is 23.9. The van der Waals surface area contributed by atoms with E-state index in [1.807, 2.05) is 0 Å². The van der Waals surface area contributed by atoms with Gasteiger partial charge in [0, 0.05) is 15.6 Å². The van der Waals surface area contributed by atoms with Gasteiger partial charge in [0.2, 0.25) is 18.6 Å². The zero-order valence-corrected chi connectivity index (χ0v) is 17.1. The molecule has 4 rings (SSSR count). The molecule has 2 aromatic carbocycles. The molecule has 2 heterocycles. The summed E-state index contributed by atoms with van der Waals surface area (Å²) in [6.07, 6.45) is 0. The predicted molar refractivity (Wildman–Crippen MR) is 106 cm³/mol. The van der Waals surface area contributed by atoms with Crippen LogP contribution in [0.5, 0.6) is 11.5 Å². The Morgan fingerprint density at radius 3 is 2.66 bits per heavy atom. The molecule has 29 heavy (non-hydrogen) atoms. The number of hydrazine groups is 1. The van der Waals surface area contributed by atoms with Gasteiger partial charge in [-0.3, -0.25) is 20.4 Å². The van der Waals surface area contributed by atoms with Crippen molar-refractivity contribution in [2.24, 2.45) is 0 Å². The van der Waals surface area contributed by atoms with E-state index in [9.17, 15) is 9.59 Å². The number of hydrogen-bond acceptors (Lipinski definition) is 8. The normalized spacial score (nSPS) is 11.9. The molecule has 0 saturated carbocycles. The van der Waals surface area contributed by atoms with Crippen LogP contribution in [0.25, 0.3) is 11.5 Å². The zero-order valence-electron chi connectivity index (χ0n) is 14.7. The second kappa shape index (κ2) is 8.53. The minimum absolute atomic E-state index is 0.0105. The molecule has 1 aliphatic rings. The smallest absolute Gasteiger partial charge is 0.277 e. The molecule has 0 unspecified atom stereocenters. The average molecular weight is 477 g/mol. The first-order valence-corrected chi connectivity index (χ1v) is 10.1. The van der Waals surface area contributed by atoms with Crippen LogP contribution in [0.15, 0.2) is 56.6 Å². The summed E-state index contributed by atoms with van der Waals surface area (Å²) < 4.78 is 17.0. The molecule has 0 saturated heterocycles. The second-order valence-electron chi connectivity index (χ2n) is 5.74. The van der Waals surface area contributed by atoms with Crippen molar-refractivity contribution in [2.45, 2.75) is 5.22 Å². The summed E-state index contributed by atoms with van der Waals surface area (Å²) in [7, 11) is 0. The van der Waals surface area contributed by atoms with Crippen LogP contribution in [0, 0.1) is 0 Å². The molecule has 9 nitrogen and oxygen atoms in total. The molecule has 148 valence electrons. The van der Waals surface area contributed by atoms with E-state index in [2.05, 4.69) is 37.0 Å². The summed E-state index contributed by atoms with van der Waals surface area (Å²) in [5, 5.41) is 8.11. The van der Waals surface area contributed by atoms with E-state index in [0.717, 1.165) is 16.2 Å². The van der Waals surface area contributed by atoms with Gasteiger partial charge in [0.1, 0.15) is 0 Å². The molecule has 1 aliphatic heterocycles. The molecule has 11 heteroatoms. The van der Waals surface area contributed by atoms with Gasteiger partial charge >= 0.3 is 0 Å². The van der Waals surface area contributed by atoms with Gasteiger partial charge in [-0.15, -0.1) is 10.2 Å². The first-order valence-electron chi connectivity index (χ1n) is 8.29. The number of ether oxygens (including phenoxy) is 2. The number of nitrogens with one attached hydrogen (secondary N) is 2. The number of halogens is 1. The van der Waals surface area contributed by atoms with E-state index < -0.39 is 11.8 Å². The van der Waals surface area contributed by atoms with E-state index in [4.69, 9.17) is 13.9 Å². The Bertz CT molecular complexity index is 1060. The van der Waals surface area contributed by atoms with Gasteiger partial charge in [-0.05, 0) is 42.5 Å². The highest BCUT2D eigenvalue weighted by molar-refractivity contribution is 9.10. The lowest BCUT2D eigenvalue weighted by atomic mass is 10.2. The van der Waals surface area contributed by atoms with Crippen LogP contribution >= 0.6 is 27.7 Å². The standard InChI is InChI=1S/C18H13BrN4O5S/c19-12-4-1-10(2-5-12)16(25)21-20-15(24)8-29-18-23-22-17(28-18)11-3-6-13-14(7-11)27-9-26-13/h1-7H,8-9H2,(H,20,24)(H,21,25). The molecule has 1 aromatic heterocycles. The highest BCUT2D eigenvalue weighted by atomic mass is 79.9. The van der Waals surface area contributed by atoms with Crippen LogP contribution in [0.4, 0.5) is 0 Å². The van der Waals surface area contributed by atoms with Crippen LogP contribution in [0.2, 0.25) is 0 Å². The fourth-order valence-electron chi connectivity index (χ4n) is 2.38. The van der Waals surface area contributed by atoms with Gasteiger partial charge in [0.15, 0.2) is 11.5 Å². The van der Waals surface area contributed by atoms with Crippen LogP contribution < -0.4 is 20.3 Å². The molecule has 0 atom stereocenters. The lowest BCUT2D eigenvalue weighted by Crippen LogP contribution is -2.42. The topological polar surface area (TPSA) is 116 Å². The van der Waals surface area contributed by atoms with Crippen molar-refractivity contribution in [2.75, 3.05) is 12.5 Å². The van der Waals surface area contributed by atoms with Crippen LogP contribution in [0.1, 0.15) is 10.4 Å². The highest BCUT2D eigenvalue weighted by Gasteiger charge is 2.17. The summed E-state index contributed by atoms with van der Waals surface area (Å²) in [6.45, 7) is 0.178. The summed E-state index contributed by atoms with van der Waals surface area (Å²) in [5.41, 5.74) is 5.79. The number of carbonyl (C=O) groups is 2. The van der Waals surface area contributed by atoms with Crippen molar-refractivity contribution in [1.29, 1.82) is 0 Å². The number of hydrogen-bond donors (Lipinski definition) is 2. The maximum absolute atomic E-state index is 12.0. The fraction of sp³-hybridized carbons (Fsp3) is 0.111. The lowest BCUT2D eigenvalue weighted by Gasteiger charge is -2.06. The number of thioether (sulfide) groups is 1. The Morgan fingerprint density at radius 1 is 1.03 bits per heavy atom. The van der Waals surface area contributed by atoms with E-state index in [1.54, 1.807) is 42.5 Å². The van der Waals surface area contributed by atoms with Gasteiger partial charge in [-0.1, -0.05) is 27.7 Å². The summed E-state index contributed by atoms with van der Waals surface area (Å²) >= 11 is 4.35. The number of fused-ring (bicyclic) bond motifs is 1. The monoisotopic (exact) mass is 476 g/mol. The van der Waals surface area contributed by atoms with Crippen LogP contribution in [0.3, 0.4) is 0 Å². The fourth-order valence-corrected chi connectivity index (χ4v) is 3.21. The molecule has 0 bridgehead atoms. The maximum atomic E-state index is 12.0. The third kappa shape index (κ3) is 4.69. The lowest BCUT2D eigenvalue weighted by molar-refractivity contribution is -0.119. The molecule has 2 amide bonds. The molecule has 0 fully saturated rings. The van der Waals surface area contributed by atoms with Crippen molar-refractivity contribution in [1.82, 2.24) is 21.0 Å². The Labute approximate surface area is 177 Å². The molecule has 0 spiro atoms. The van der Waals surface area contributed by atoms with Gasteiger partial charge < -0.3 is 13.9 Å². The Hall–Kier alpha value is -3.05. The molecular weight excluding hydrogens is 464 g/mol. The first-order chi connectivity index (χ1) is 14.1. The maximum Gasteiger partial charge on any atom is 0.277 e. The van der Waals surface area contributed by atoms with Crippen molar-refractivity contribution in [3.63, 3.8) is 0 Å². The van der Waals surface area contributed by atoms with Crippen molar-refractivity contribution in [3.05, 3.63) is 52.5 Å². The van der Waals surface area contributed by atoms with E-state index >= 15 is 0 Å². The van der Waals surface area contributed by atoms with E-state index in [0.29, 0.717) is 28.5 Å². The van der Waals surface area contributed by atoms with Gasteiger partial charge in [-0.25, -0.2) is 0 Å². The third-order valence-electron chi connectivity index (χ3n) is 3.77. The molecule has 0 radical (unpaired) electrons. The summed E-state index contributed by atoms with van der Waals surface area (Å²) in [5.74, 6) is 0.723. The number of rotatable bonds is 5. The van der Waals surface area contributed by atoms with Gasteiger partial charge in [0.25, 0.3) is 11.1 Å². The Morgan fingerprint density at radius 2 is 1.83 bits per heavy atom. The van der Waals surface area contributed by atoms with Crippen molar-refractivity contribution >= 4 is 39.5 Å². The molecule has 0 aliphatic carbocycles. The number of aromatic nitrogens is 2. The quantitative estimate of drug-likeness (QED) is 0.426. The SMILES string of the molecule is O=C(CSc1nnc(-c2ccc3c(c2)OCO3)o1)NNC(=O)c1ccc(Br)cc1. The second-order valence-corrected chi connectivity index (χ2v) is 7.58. The minimum Gasteiger partial charge on any atom is -0.454 e. The van der Waals surface area contributed by atoms with Gasteiger partial charge in [0.05, 0.1) is 5.75 Å². The van der Waals surface area contributed by atoms with Gasteiger partial charge in [-0.2, -0.15) is 0 Å². The third-order valence-corrected chi connectivity index (χ3v) is 5.12. The minimum atomic E-state index is -0.418. The van der Waals surface area contributed by atoms with Crippen molar-refractivity contribution < 1.29 is 23.5 Å². The zero-order chi connectivity index (χ0) is 20.2. The Kier molecular flexibility index (Phi) is 5.67. The number of nitrogens with zero attached hydrogens (tertiary/aromatic N) is 2. The van der Waals surface area contributed by atoms with Crippen LogP contribution in [-0.4, -0.2) is 34.6 Å². The van der Waals surface area contributed by atoms with Crippen molar-refractivity contribution in [3.8, 4) is 23.0 Å². The predicted octanol–water partition coefficient (Wildman–Crippen LogP) is 2.78. The van der Waals surface area contributed by atoms with Crippen LogP contribution in [-0.2, 0) is 4.79 Å². The number of benzene rings is 2. The van der Waals surface area contributed by atoms with E-state index in [1.165, 1.54) is 0 Å². The first kappa shape index (κ1) is 19.3. The molecule has 3 aromatic rings. The average Bonchev–Trinajstić information content (AvgIpc) is 3.39. The number of amides is 2. The molecule has 2 N–H and O–H groups in total. The summed E-state index contributed by atoms with van der Waals surface area (Å²) in [6, 6.07) is 12.0. The number of carbonyl (C=O) groups excluding carboxylic acids is 2. The Balaban J connectivity index is 1.28.